The first kappa shape index (κ1) is 20.5. The Morgan fingerprint density at radius 1 is 0.600 bits per heavy atom. The van der Waals surface area contributed by atoms with Gasteiger partial charge in [0.2, 0.25) is 0 Å². The summed E-state index contributed by atoms with van der Waals surface area (Å²) in [6, 6.07) is 20.0. The van der Waals surface area contributed by atoms with E-state index < -0.39 is 0 Å². The molecule has 0 spiro atoms. The summed E-state index contributed by atoms with van der Waals surface area (Å²) in [5, 5.41) is 0. The van der Waals surface area contributed by atoms with Crippen LogP contribution in [0.4, 0.5) is 0 Å². The van der Waals surface area contributed by atoms with E-state index in [9.17, 15) is 0 Å². The van der Waals surface area contributed by atoms with Gasteiger partial charge in [0.05, 0.1) is 0 Å². The first-order valence-electron chi connectivity index (χ1n) is 4.15. The third-order valence-corrected chi connectivity index (χ3v) is 1.11. The molecule has 2 aromatic rings. The summed E-state index contributed by atoms with van der Waals surface area (Å²) in [6.45, 7) is 0. The van der Waals surface area contributed by atoms with Crippen LogP contribution < -0.4 is 0 Å². The minimum absolute atomic E-state index is 0. The smallest absolute Gasteiger partial charge is 0.796 e. The molecule has 15 heavy (non-hydrogen) atoms. The van der Waals surface area contributed by atoms with Crippen LogP contribution in [0, 0.1) is 0 Å². The van der Waals surface area contributed by atoms with Crippen LogP contribution in [0.25, 0.3) is 0 Å². The van der Waals surface area contributed by atoms with E-state index in [2.05, 4.69) is 25.3 Å². The Morgan fingerprint density at radius 2 is 0.800 bits per heavy atom. The standard InChI is InChI=1S/2C5H5.2CH4S.Ti/c2*1-2-4-5-3-1;2*1-2;/h2*1-5H;2*2H,1H3;/q2*-1;;;+4/p-2. The Bertz CT molecular complexity index is 153. The van der Waals surface area contributed by atoms with E-state index in [-0.39, 0.29) is 21.7 Å². The SMILES string of the molecule is C[S-].C[S-].[Ti+4].c1cc[cH-]c1.c1cc[cH-]c1. The minimum atomic E-state index is 0. The maximum atomic E-state index is 4.08. The van der Waals surface area contributed by atoms with Crippen LogP contribution in [0.3, 0.4) is 0 Å². The molecule has 0 aliphatic carbocycles. The molecular formula is C12H16S2Ti. The summed E-state index contributed by atoms with van der Waals surface area (Å²) in [5.74, 6) is 0. The van der Waals surface area contributed by atoms with Gasteiger partial charge in [0.25, 0.3) is 0 Å². The maximum absolute atomic E-state index is 4.08. The Balaban J connectivity index is -0.000000138. The van der Waals surface area contributed by atoms with Crippen molar-refractivity contribution in [3.05, 3.63) is 60.7 Å². The molecule has 2 aromatic carbocycles. The minimum Gasteiger partial charge on any atom is -0.796 e. The van der Waals surface area contributed by atoms with Crippen LogP contribution in [0.1, 0.15) is 0 Å². The van der Waals surface area contributed by atoms with Crippen molar-refractivity contribution in [1.29, 1.82) is 0 Å². The molecule has 0 bridgehead atoms. The van der Waals surface area contributed by atoms with Gasteiger partial charge in [-0.2, -0.15) is 48.9 Å². The summed E-state index contributed by atoms with van der Waals surface area (Å²) >= 11 is 8.17. The van der Waals surface area contributed by atoms with Gasteiger partial charge in [0, 0.05) is 0 Å². The van der Waals surface area contributed by atoms with E-state index in [0.29, 0.717) is 0 Å². The third kappa shape index (κ3) is 20.2. The Labute approximate surface area is 120 Å². The second-order valence-corrected chi connectivity index (χ2v) is 1.92. The maximum Gasteiger partial charge on any atom is 4.00 e. The fourth-order valence-electron chi connectivity index (χ4n) is 0.642. The fraction of sp³-hybridized carbons (Fsp3) is 0.167. The molecule has 0 saturated carbocycles. The molecule has 0 saturated heterocycles. The molecule has 0 N–H and O–H groups in total. The van der Waals surface area contributed by atoms with Crippen molar-refractivity contribution in [2.24, 2.45) is 0 Å². The molecule has 3 heteroatoms. The zero-order valence-electron chi connectivity index (χ0n) is 9.09. The molecule has 0 fully saturated rings. The Kier molecular flexibility index (Phi) is 32.5. The summed E-state index contributed by atoms with van der Waals surface area (Å²) in [5.41, 5.74) is 0. The summed E-state index contributed by atoms with van der Waals surface area (Å²) in [4.78, 5) is 0. The average Bonchev–Trinajstić information content (AvgIpc) is 3.01. The van der Waals surface area contributed by atoms with Gasteiger partial charge in [-0.3, -0.25) is 0 Å². The van der Waals surface area contributed by atoms with Gasteiger partial charge in [-0.25, -0.2) is 24.3 Å². The van der Waals surface area contributed by atoms with E-state index in [1.54, 1.807) is 12.5 Å². The molecule has 0 atom stereocenters. The zero-order chi connectivity index (χ0) is 11.1. The van der Waals surface area contributed by atoms with Crippen LogP contribution in [0.5, 0.6) is 0 Å². The fourth-order valence-corrected chi connectivity index (χ4v) is 0.642. The number of rotatable bonds is 0. The molecule has 0 aliphatic rings. The molecule has 0 aliphatic heterocycles. The summed E-state index contributed by atoms with van der Waals surface area (Å²) < 4.78 is 0. The molecule has 0 heterocycles. The predicted molar refractivity (Wildman–Crippen MR) is 70.6 cm³/mol. The second-order valence-electron chi connectivity index (χ2n) is 1.92. The molecule has 2 rings (SSSR count). The molecule has 0 radical (unpaired) electrons. The van der Waals surface area contributed by atoms with Crippen molar-refractivity contribution in [3.8, 4) is 0 Å². The van der Waals surface area contributed by atoms with Gasteiger partial charge in [-0.1, -0.05) is 0 Å². The van der Waals surface area contributed by atoms with Gasteiger partial charge in [-0.05, 0) is 0 Å². The molecule has 0 unspecified atom stereocenters. The van der Waals surface area contributed by atoms with Crippen molar-refractivity contribution < 1.29 is 21.7 Å². The van der Waals surface area contributed by atoms with Crippen molar-refractivity contribution in [3.63, 3.8) is 0 Å². The van der Waals surface area contributed by atoms with Gasteiger partial charge < -0.3 is 25.3 Å². The van der Waals surface area contributed by atoms with Crippen molar-refractivity contribution in [1.82, 2.24) is 0 Å². The molecule has 0 nitrogen and oxygen atoms in total. The predicted octanol–water partition coefficient (Wildman–Crippen LogP) is 3.13. The first-order valence-corrected chi connectivity index (χ1v) is 5.78. The van der Waals surface area contributed by atoms with E-state index in [1.807, 2.05) is 60.7 Å². The van der Waals surface area contributed by atoms with Gasteiger partial charge >= 0.3 is 21.7 Å². The zero-order valence-corrected chi connectivity index (χ0v) is 12.3. The molecular weight excluding hydrogens is 256 g/mol. The Hall–Kier alpha value is 0.114. The van der Waals surface area contributed by atoms with Crippen molar-refractivity contribution in [2.75, 3.05) is 12.5 Å². The quantitative estimate of drug-likeness (QED) is 0.410. The van der Waals surface area contributed by atoms with Crippen LogP contribution >= 0.6 is 0 Å². The van der Waals surface area contributed by atoms with Gasteiger partial charge in [-0.15, -0.1) is 0 Å². The van der Waals surface area contributed by atoms with Crippen molar-refractivity contribution >= 4 is 25.3 Å². The number of hydrogen-bond acceptors (Lipinski definition) is 2. The largest absolute Gasteiger partial charge is 4.00 e. The molecule has 0 aromatic heterocycles. The van der Waals surface area contributed by atoms with Crippen LogP contribution in [-0.2, 0) is 47.0 Å². The van der Waals surface area contributed by atoms with Gasteiger partial charge in [0.15, 0.2) is 0 Å². The van der Waals surface area contributed by atoms with E-state index >= 15 is 0 Å². The first-order chi connectivity index (χ1) is 7.00. The Morgan fingerprint density at radius 3 is 0.867 bits per heavy atom. The van der Waals surface area contributed by atoms with Crippen LogP contribution in [-0.4, -0.2) is 12.5 Å². The van der Waals surface area contributed by atoms with E-state index in [1.165, 1.54) is 0 Å². The third-order valence-electron chi connectivity index (χ3n) is 1.11. The molecule has 0 amide bonds. The van der Waals surface area contributed by atoms with E-state index in [0.717, 1.165) is 0 Å². The van der Waals surface area contributed by atoms with Crippen LogP contribution in [0.15, 0.2) is 60.7 Å². The second kappa shape index (κ2) is 23.7. The average molecular weight is 272 g/mol. The summed E-state index contributed by atoms with van der Waals surface area (Å²) in [7, 11) is 0. The monoisotopic (exact) mass is 272 g/mol. The van der Waals surface area contributed by atoms with E-state index in [4.69, 9.17) is 0 Å². The van der Waals surface area contributed by atoms with Crippen molar-refractivity contribution in [2.45, 2.75) is 0 Å². The topological polar surface area (TPSA) is 0 Å². The van der Waals surface area contributed by atoms with Crippen LogP contribution in [0.2, 0.25) is 0 Å². The number of hydrogen-bond donors (Lipinski definition) is 0. The van der Waals surface area contributed by atoms with Gasteiger partial charge in [0.1, 0.15) is 0 Å². The molecule has 80 valence electrons. The normalized spacial score (nSPS) is 6.13. The summed E-state index contributed by atoms with van der Waals surface area (Å²) in [6.07, 6.45) is 3.17.